The zero-order valence-electron chi connectivity index (χ0n) is 15.2. The summed E-state index contributed by atoms with van der Waals surface area (Å²) in [6.45, 7) is 3.91. The molecule has 0 radical (unpaired) electrons. The van der Waals surface area contributed by atoms with Gasteiger partial charge in [0, 0.05) is 18.5 Å². The van der Waals surface area contributed by atoms with Crippen molar-refractivity contribution in [1.29, 1.82) is 0 Å². The van der Waals surface area contributed by atoms with Gasteiger partial charge in [0.2, 0.25) is 5.91 Å². The minimum absolute atomic E-state index is 0.120. The molecule has 0 fully saturated rings. The van der Waals surface area contributed by atoms with E-state index in [9.17, 15) is 9.59 Å². The molecule has 1 aromatic carbocycles. The van der Waals surface area contributed by atoms with E-state index in [0.717, 1.165) is 11.3 Å². The Kier molecular flexibility index (Phi) is 4.18. The standard InChI is InChI=1S/C21H20N2O4/c1-21(2)19-18(20(25)27-21)16(11-17(24)23-19)13-6-5-8-15(10-13)26-12-14-7-3-4-9-22-14/h3-10,16H,11-12H2,1-2H3,(H,23,24). The first kappa shape index (κ1) is 17.3. The molecule has 4 rings (SSSR count). The number of pyridine rings is 1. The van der Waals surface area contributed by atoms with Crippen molar-refractivity contribution in [3.63, 3.8) is 0 Å². The van der Waals surface area contributed by atoms with Crippen molar-refractivity contribution in [2.75, 3.05) is 0 Å². The van der Waals surface area contributed by atoms with Gasteiger partial charge in [-0.2, -0.15) is 0 Å². The van der Waals surface area contributed by atoms with Crippen LogP contribution in [0.25, 0.3) is 0 Å². The molecule has 2 aromatic rings. The monoisotopic (exact) mass is 364 g/mol. The normalized spacial score (nSPS) is 20.7. The summed E-state index contributed by atoms with van der Waals surface area (Å²) in [6.07, 6.45) is 1.92. The average Bonchev–Trinajstić information content (AvgIpc) is 2.89. The summed E-state index contributed by atoms with van der Waals surface area (Å²) in [7, 11) is 0. The molecule has 6 nitrogen and oxygen atoms in total. The highest BCUT2D eigenvalue weighted by atomic mass is 16.6. The maximum atomic E-state index is 12.4. The van der Waals surface area contributed by atoms with E-state index in [2.05, 4.69) is 10.3 Å². The third-order valence-corrected chi connectivity index (χ3v) is 4.81. The van der Waals surface area contributed by atoms with Crippen LogP contribution < -0.4 is 10.1 Å². The van der Waals surface area contributed by atoms with Gasteiger partial charge in [-0.25, -0.2) is 4.79 Å². The number of esters is 1. The highest BCUT2D eigenvalue weighted by Crippen LogP contribution is 2.43. The molecule has 1 unspecified atom stereocenters. The molecule has 2 aliphatic heterocycles. The second kappa shape index (κ2) is 6.54. The van der Waals surface area contributed by atoms with Gasteiger partial charge >= 0.3 is 5.97 Å². The van der Waals surface area contributed by atoms with Gasteiger partial charge in [-0.15, -0.1) is 0 Å². The smallest absolute Gasteiger partial charge is 0.337 e. The van der Waals surface area contributed by atoms with Crippen molar-refractivity contribution < 1.29 is 19.1 Å². The maximum Gasteiger partial charge on any atom is 0.337 e. The van der Waals surface area contributed by atoms with Crippen molar-refractivity contribution in [1.82, 2.24) is 10.3 Å². The summed E-state index contributed by atoms with van der Waals surface area (Å²) in [4.78, 5) is 28.9. The minimum Gasteiger partial charge on any atom is -0.487 e. The Balaban J connectivity index is 1.62. The van der Waals surface area contributed by atoms with Crippen LogP contribution in [0.3, 0.4) is 0 Å². The van der Waals surface area contributed by atoms with Gasteiger partial charge in [0.25, 0.3) is 0 Å². The van der Waals surface area contributed by atoms with E-state index in [1.807, 2.05) is 42.5 Å². The van der Waals surface area contributed by atoms with Gasteiger partial charge < -0.3 is 14.8 Å². The molecular formula is C21H20N2O4. The predicted octanol–water partition coefficient (Wildman–Crippen LogP) is 2.85. The number of amides is 1. The Hall–Kier alpha value is -3.15. The van der Waals surface area contributed by atoms with Gasteiger partial charge in [-0.3, -0.25) is 9.78 Å². The third-order valence-electron chi connectivity index (χ3n) is 4.81. The number of nitrogens with zero attached hydrogens (tertiary/aromatic N) is 1. The number of benzene rings is 1. The number of carbonyl (C=O) groups excluding carboxylic acids is 2. The van der Waals surface area contributed by atoms with Crippen LogP contribution in [0.1, 0.15) is 37.4 Å². The molecule has 0 bridgehead atoms. The van der Waals surface area contributed by atoms with Crippen LogP contribution in [-0.2, 0) is 20.9 Å². The molecule has 1 N–H and O–H groups in total. The summed E-state index contributed by atoms with van der Waals surface area (Å²) < 4.78 is 11.3. The van der Waals surface area contributed by atoms with Crippen LogP contribution in [0.15, 0.2) is 59.9 Å². The Morgan fingerprint density at radius 1 is 1.22 bits per heavy atom. The average molecular weight is 364 g/mol. The first-order valence-corrected chi connectivity index (χ1v) is 8.84. The molecule has 1 amide bonds. The van der Waals surface area contributed by atoms with Crippen molar-refractivity contribution >= 4 is 11.9 Å². The predicted molar refractivity (Wildman–Crippen MR) is 97.7 cm³/mol. The fourth-order valence-electron chi connectivity index (χ4n) is 3.52. The van der Waals surface area contributed by atoms with E-state index < -0.39 is 5.60 Å². The largest absolute Gasteiger partial charge is 0.487 e. The van der Waals surface area contributed by atoms with Crippen molar-refractivity contribution in [2.45, 2.75) is 38.4 Å². The number of hydrogen-bond acceptors (Lipinski definition) is 5. The Bertz CT molecular complexity index is 934. The molecule has 6 heteroatoms. The quantitative estimate of drug-likeness (QED) is 0.844. The summed E-state index contributed by atoms with van der Waals surface area (Å²) in [5, 5.41) is 2.82. The molecule has 1 aromatic heterocycles. The molecule has 3 heterocycles. The number of aromatic nitrogens is 1. The first-order valence-electron chi connectivity index (χ1n) is 8.84. The lowest BCUT2D eigenvalue weighted by atomic mass is 9.83. The van der Waals surface area contributed by atoms with E-state index >= 15 is 0 Å². The first-order chi connectivity index (χ1) is 12.9. The van der Waals surface area contributed by atoms with Crippen molar-refractivity contribution in [2.24, 2.45) is 0 Å². The van der Waals surface area contributed by atoms with Crippen molar-refractivity contribution in [3.8, 4) is 5.75 Å². The SMILES string of the molecule is CC1(C)OC(=O)C2=C1NC(=O)CC2c1cccc(OCc2ccccn2)c1. The van der Waals surface area contributed by atoms with E-state index in [4.69, 9.17) is 9.47 Å². The molecule has 27 heavy (non-hydrogen) atoms. The molecule has 0 aliphatic carbocycles. The van der Waals surface area contributed by atoms with E-state index in [1.165, 1.54) is 0 Å². The van der Waals surface area contributed by atoms with E-state index in [0.29, 0.717) is 23.6 Å². The zero-order valence-corrected chi connectivity index (χ0v) is 15.2. The van der Waals surface area contributed by atoms with Crippen LogP contribution >= 0.6 is 0 Å². The Morgan fingerprint density at radius 3 is 2.85 bits per heavy atom. The lowest BCUT2D eigenvalue weighted by molar-refractivity contribution is -0.144. The Morgan fingerprint density at radius 2 is 2.07 bits per heavy atom. The fourth-order valence-corrected chi connectivity index (χ4v) is 3.52. The van der Waals surface area contributed by atoms with Crippen LogP contribution in [0, 0.1) is 0 Å². The van der Waals surface area contributed by atoms with Crippen molar-refractivity contribution in [3.05, 3.63) is 71.2 Å². The lowest BCUT2D eigenvalue weighted by Gasteiger charge is -2.27. The number of nitrogens with one attached hydrogen (secondary N) is 1. The second-order valence-electron chi connectivity index (χ2n) is 7.18. The molecule has 0 spiro atoms. The van der Waals surface area contributed by atoms with Gasteiger partial charge in [-0.05, 0) is 43.7 Å². The molecule has 0 saturated carbocycles. The second-order valence-corrected chi connectivity index (χ2v) is 7.18. The van der Waals surface area contributed by atoms with Crippen LogP contribution in [0.5, 0.6) is 5.75 Å². The number of carbonyl (C=O) groups is 2. The maximum absolute atomic E-state index is 12.4. The van der Waals surface area contributed by atoms with Gasteiger partial charge in [0.05, 0.1) is 17.0 Å². The highest BCUT2D eigenvalue weighted by molar-refractivity contribution is 5.99. The molecule has 2 aliphatic rings. The van der Waals surface area contributed by atoms with E-state index in [1.54, 1.807) is 20.0 Å². The third kappa shape index (κ3) is 3.30. The zero-order chi connectivity index (χ0) is 19.0. The molecule has 138 valence electrons. The molecule has 0 saturated heterocycles. The van der Waals surface area contributed by atoms with Gasteiger partial charge in [0.15, 0.2) is 0 Å². The molecule has 1 atom stereocenters. The van der Waals surface area contributed by atoms with E-state index in [-0.39, 0.29) is 24.2 Å². The summed E-state index contributed by atoms with van der Waals surface area (Å²) in [5.41, 5.74) is 1.94. The topological polar surface area (TPSA) is 77.5 Å². The number of rotatable bonds is 4. The van der Waals surface area contributed by atoms with Gasteiger partial charge in [0.1, 0.15) is 18.0 Å². The van der Waals surface area contributed by atoms with Crippen LogP contribution in [-0.4, -0.2) is 22.5 Å². The number of cyclic esters (lactones) is 1. The Labute approximate surface area is 157 Å². The summed E-state index contributed by atoms with van der Waals surface area (Å²) in [6, 6.07) is 13.1. The number of hydrogen-bond donors (Lipinski definition) is 1. The number of ether oxygens (including phenoxy) is 2. The minimum atomic E-state index is -0.826. The summed E-state index contributed by atoms with van der Waals surface area (Å²) >= 11 is 0. The lowest BCUT2D eigenvalue weighted by Crippen LogP contribution is -2.38. The van der Waals surface area contributed by atoms with Gasteiger partial charge in [-0.1, -0.05) is 18.2 Å². The summed E-state index contributed by atoms with van der Waals surface area (Å²) in [5.74, 6) is -0.178. The van der Waals surface area contributed by atoms with Crippen LogP contribution in [0.2, 0.25) is 0 Å². The highest BCUT2D eigenvalue weighted by Gasteiger charge is 2.47. The molecular weight excluding hydrogens is 344 g/mol. The van der Waals surface area contributed by atoms with Crippen LogP contribution in [0.4, 0.5) is 0 Å². The fraction of sp³-hybridized carbons (Fsp3) is 0.286.